The largest absolute Gasteiger partial charge is 0.490 e. The molecule has 0 spiro atoms. The van der Waals surface area contributed by atoms with Crippen molar-refractivity contribution in [3.8, 4) is 11.5 Å². The van der Waals surface area contributed by atoms with Gasteiger partial charge in [-0.1, -0.05) is 72.8 Å². The number of hydrogen-bond acceptors (Lipinski definition) is 7. The number of rotatable bonds is 16. The lowest BCUT2D eigenvalue weighted by Crippen LogP contribution is -2.25. The summed E-state index contributed by atoms with van der Waals surface area (Å²) >= 11 is 0. The molecule has 7 nitrogen and oxygen atoms in total. The summed E-state index contributed by atoms with van der Waals surface area (Å²) in [6, 6.07) is 27.6. The number of aliphatic hydroxyl groups is 2. The molecule has 37 heavy (non-hydrogen) atoms. The van der Waals surface area contributed by atoms with E-state index in [9.17, 15) is 10.2 Å². The number of ether oxygens (including phenoxy) is 5. The molecule has 4 aromatic carbocycles. The highest BCUT2D eigenvalue weighted by atomic mass is 16.6. The van der Waals surface area contributed by atoms with Crippen molar-refractivity contribution in [1.29, 1.82) is 0 Å². The first kappa shape index (κ1) is 26.9. The number of benzene rings is 4. The van der Waals surface area contributed by atoms with Gasteiger partial charge in [-0.3, -0.25) is 0 Å². The normalized spacial score (nSPS) is 13.0. The molecule has 0 heterocycles. The van der Waals surface area contributed by atoms with Crippen molar-refractivity contribution in [3.05, 3.63) is 84.9 Å². The first-order valence-electron chi connectivity index (χ1n) is 12.5. The maximum Gasteiger partial charge on any atom is 0.127 e. The van der Waals surface area contributed by atoms with Crippen LogP contribution in [0.4, 0.5) is 0 Å². The van der Waals surface area contributed by atoms with E-state index < -0.39 is 12.2 Å². The van der Waals surface area contributed by atoms with Gasteiger partial charge >= 0.3 is 0 Å². The molecule has 7 heteroatoms. The molecular formula is C30H34O7. The average molecular weight is 507 g/mol. The molecule has 2 unspecified atom stereocenters. The molecule has 0 aliphatic rings. The molecule has 4 rings (SSSR count). The summed E-state index contributed by atoms with van der Waals surface area (Å²) in [5, 5.41) is 24.5. The van der Waals surface area contributed by atoms with E-state index in [1.807, 2.05) is 84.9 Å². The van der Waals surface area contributed by atoms with E-state index in [-0.39, 0.29) is 26.4 Å². The van der Waals surface area contributed by atoms with Crippen LogP contribution in [-0.2, 0) is 14.2 Å². The summed E-state index contributed by atoms with van der Waals surface area (Å²) in [5.41, 5.74) is 0. The molecule has 2 N–H and O–H groups in total. The lowest BCUT2D eigenvalue weighted by molar-refractivity contribution is -0.0319. The lowest BCUT2D eigenvalue weighted by atomic mass is 10.1. The Morgan fingerprint density at radius 2 is 0.865 bits per heavy atom. The van der Waals surface area contributed by atoms with Gasteiger partial charge in [0.2, 0.25) is 0 Å². The van der Waals surface area contributed by atoms with Crippen LogP contribution < -0.4 is 9.47 Å². The van der Waals surface area contributed by atoms with E-state index in [0.717, 1.165) is 33.0 Å². The highest BCUT2D eigenvalue weighted by molar-refractivity contribution is 5.88. The Balaban J connectivity index is 1.00. The monoisotopic (exact) mass is 506 g/mol. The van der Waals surface area contributed by atoms with Crippen LogP contribution in [-0.4, -0.2) is 75.3 Å². The van der Waals surface area contributed by atoms with Gasteiger partial charge in [0.15, 0.2) is 0 Å². The van der Waals surface area contributed by atoms with Crippen LogP contribution >= 0.6 is 0 Å². The van der Waals surface area contributed by atoms with Crippen LogP contribution in [0.15, 0.2) is 84.9 Å². The van der Waals surface area contributed by atoms with Gasteiger partial charge in [0.25, 0.3) is 0 Å². The zero-order valence-electron chi connectivity index (χ0n) is 20.8. The van der Waals surface area contributed by atoms with Crippen LogP contribution in [0.25, 0.3) is 21.5 Å². The zero-order chi connectivity index (χ0) is 25.7. The van der Waals surface area contributed by atoms with Crippen molar-refractivity contribution >= 4 is 21.5 Å². The summed E-state index contributed by atoms with van der Waals surface area (Å²) in [6.45, 7) is 2.09. The predicted molar refractivity (Wildman–Crippen MR) is 143 cm³/mol. The third-order valence-electron chi connectivity index (χ3n) is 5.73. The Morgan fingerprint density at radius 1 is 0.459 bits per heavy atom. The molecule has 2 atom stereocenters. The van der Waals surface area contributed by atoms with Crippen LogP contribution in [0, 0.1) is 0 Å². The minimum Gasteiger partial charge on any atom is -0.490 e. The molecule has 0 bridgehead atoms. The van der Waals surface area contributed by atoms with Crippen LogP contribution in [0.1, 0.15) is 0 Å². The van der Waals surface area contributed by atoms with Crippen molar-refractivity contribution in [2.24, 2.45) is 0 Å². The second kappa shape index (κ2) is 14.5. The predicted octanol–water partition coefficient (Wildman–Crippen LogP) is 4.22. The second-order valence-electron chi connectivity index (χ2n) is 8.65. The van der Waals surface area contributed by atoms with E-state index in [0.29, 0.717) is 26.4 Å². The van der Waals surface area contributed by atoms with E-state index >= 15 is 0 Å². The Labute approximate surface area is 217 Å². The van der Waals surface area contributed by atoms with Gasteiger partial charge in [-0.2, -0.15) is 0 Å². The van der Waals surface area contributed by atoms with Crippen LogP contribution in [0.3, 0.4) is 0 Å². The van der Waals surface area contributed by atoms with Gasteiger partial charge in [0.1, 0.15) is 36.9 Å². The first-order chi connectivity index (χ1) is 18.2. The summed E-state index contributed by atoms with van der Waals surface area (Å²) in [7, 11) is 0. The van der Waals surface area contributed by atoms with Crippen molar-refractivity contribution < 1.29 is 33.9 Å². The smallest absolute Gasteiger partial charge is 0.127 e. The topological polar surface area (TPSA) is 86.6 Å². The molecule has 4 aromatic rings. The third kappa shape index (κ3) is 8.42. The SMILES string of the molecule is OC(COCCOCCOCC(O)COc1cccc2ccccc12)COc1cccc2ccccc12. The highest BCUT2D eigenvalue weighted by Crippen LogP contribution is 2.26. The van der Waals surface area contributed by atoms with Crippen LogP contribution in [0.2, 0.25) is 0 Å². The van der Waals surface area contributed by atoms with Crippen molar-refractivity contribution in [1.82, 2.24) is 0 Å². The Bertz CT molecular complexity index is 1120. The molecule has 0 saturated heterocycles. The Hall–Kier alpha value is -3.20. The highest BCUT2D eigenvalue weighted by Gasteiger charge is 2.09. The molecule has 0 fully saturated rings. The quantitative estimate of drug-likeness (QED) is 0.220. The Kier molecular flexibility index (Phi) is 10.5. The average Bonchev–Trinajstić information content (AvgIpc) is 2.94. The van der Waals surface area contributed by atoms with Crippen molar-refractivity contribution in [2.75, 3.05) is 52.9 Å². The molecule has 0 amide bonds. The molecule has 0 radical (unpaired) electrons. The van der Waals surface area contributed by atoms with Crippen molar-refractivity contribution in [2.45, 2.75) is 12.2 Å². The zero-order valence-corrected chi connectivity index (χ0v) is 20.8. The van der Waals surface area contributed by atoms with E-state index in [1.165, 1.54) is 0 Å². The van der Waals surface area contributed by atoms with Crippen LogP contribution in [0.5, 0.6) is 11.5 Å². The number of hydrogen-bond donors (Lipinski definition) is 2. The fourth-order valence-electron chi connectivity index (χ4n) is 3.89. The number of aliphatic hydroxyl groups excluding tert-OH is 2. The van der Waals surface area contributed by atoms with E-state index in [2.05, 4.69) is 0 Å². The summed E-state index contributed by atoms with van der Waals surface area (Å²) in [4.78, 5) is 0. The maximum atomic E-state index is 10.1. The van der Waals surface area contributed by atoms with Gasteiger partial charge in [-0.05, 0) is 22.9 Å². The summed E-state index contributed by atoms with van der Waals surface area (Å²) in [6.07, 6.45) is -1.47. The second-order valence-corrected chi connectivity index (χ2v) is 8.65. The lowest BCUT2D eigenvalue weighted by Gasteiger charge is -2.15. The Morgan fingerprint density at radius 3 is 1.35 bits per heavy atom. The molecule has 0 saturated carbocycles. The minimum absolute atomic E-state index is 0.148. The maximum absolute atomic E-state index is 10.1. The third-order valence-corrected chi connectivity index (χ3v) is 5.73. The van der Waals surface area contributed by atoms with Gasteiger partial charge in [0, 0.05) is 10.8 Å². The molecule has 0 aliphatic heterocycles. The fraction of sp³-hybridized carbons (Fsp3) is 0.333. The van der Waals surface area contributed by atoms with Gasteiger partial charge < -0.3 is 33.9 Å². The standard InChI is InChI=1S/C30H34O7/c31-25(21-36-29-13-5-9-23-7-1-3-11-27(23)29)19-34-17-15-33-16-18-35-20-26(32)22-37-30-14-6-10-24-8-2-4-12-28(24)30/h1-14,25-26,31-32H,15-22H2. The fourth-order valence-corrected chi connectivity index (χ4v) is 3.89. The van der Waals surface area contributed by atoms with Crippen molar-refractivity contribution in [3.63, 3.8) is 0 Å². The van der Waals surface area contributed by atoms with Gasteiger partial charge in [-0.15, -0.1) is 0 Å². The van der Waals surface area contributed by atoms with Gasteiger partial charge in [0.05, 0.1) is 39.6 Å². The van der Waals surface area contributed by atoms with E-state index in [4.69, 9.17) is 23.7 Å². The molecular weight excluding hydrogens is 472 g/mol. The minimum atomic E-state index is -0.736. The molecule has 0 aromatic heterocycles. The number of fused-ring (bicyclic) bond motifs is 2. The van der Waals surface area contributed by atoms with Gasteiger partial charge in [-0.25, -0.2) is 0 Å². The molecule has 196 valence electrons. The summed E-state index contributed by atoms with van der Waals surface area (Å²) < 4.78 is 28.0. The first-order valence-corrected chi connectivity index (χ1v) is 12.5. The molecule has 0 aliphatic carbocycles. The summed E-state index contributed by atoms with van der Waals surface area (Å²) in [5.74, 6) is 1.48. The van der Waals surface area contributed by atoms with E-state index in [1.54, 1.807) is 0 Å².